The second kappa shape index (κ2) is 10.6. The molecule has 2 atom stereocenters. The second-order valence-electron chi connectivity index (χ2n) is 11.5. The third-order valence-electron chi connectivity index (χ3n) is 8.78. The number of anilines is 1. The minimum absolute atomic E-state index is 0.152. The van der Waals surface area contributed by atoms with Crippen LogP contribution in [0.15, 0.2) is 27.8 Å². The van der Waals surface area contributed by atoms with Gasteiger partial charge >= 0.3 is 5.76 Å². The van der Waals surface area contributed by atoms with Gasteiger partial charge in [-0.15, -0.1) is 0 Å². The molecule has 40 heavy (non-hydrogen) atoms. The molecule has 2 aliphatic carbocycles. The normalized spacial score (nSPS) is 25.3. The van der Waals surface area contributed by atoms with Crippen molar-refractivity contribution >= 4 is 28.7 Å². The number of ether oxygens (including phenoxy) is 1. The highest BCUT2D eigenvalue weighted by atomic mass is 35.5. The topological polar surface area (TPSA) is 128 Å². The highest BCUT2D eigenvalue weighted by Crippen LogP contribution is 2.38. The molecule has 0 amide bonds. The summed E-state index contributed by atoms with van der Waals surface area (Å²) in [6, 6.07) is 2.12. The fourth-order valence-electron chi connectivity index (χ4n) is 6.71. The Morgan fingerprint density at radius 3 is 2.73 bits per heavy atom. The van der Waals surface area contributed by atoms with E-state index in [9.17, 15) is 4.79 Å². The van der Waals surface area contributed by atoms with E-state index < -0.39 is 5.76 Å². The summed E-state index contributed by atoms with van der Waals surface area (Å²) in [4.78, 5) is 36.0. The van der Waals surface area contributed by atoms with Crippen LogP contribution >= 0.6 is 11.6 Å². The SMILES string of the molecule is CC1CCC(Cn2c(N3CCO[C@@H]4CCCC[C@@H]43)nc3nc(-c4noc(=O)[nH]4)nc(-c4cncc(Cl)c4)c32)CC1. The van der Waals surface area contributed by atoms with Crippen LogP contribution in [0.4, 0.5) is 5.95 Å². The van der Waals surface area contributed by atoms with Crippen molar-refractivity contribution < 1.29 is 9.26 Å². The van der Waals surface area contributed by atoms with Gasteiger partial charge in [0.15, 0.2) is 5.65 Å². The summed E-state index contributed by atoms with van der Waals surface area (Å²) in [5, 5.41) is 4.35. The lowest BCUT2D eigenvalue weighted by molar-refractivity contribution is -0.00958. The molecule has 7 rings (SSSR count). The summed E-state index contributed by atoms with van der Waals surface area (Å²) in [6.07, 6.45) is 12.9. The maximum absolute atomic E-state index is 11.8. The highest BCUT2D eigenvalue weighted by molar-refractivity contribution is 6.30. The Kier molecular flexibility index (Phi) is 6.79. The Balaban J connectivity index is 1.44. The first-order valence-corrected chi connectivity index (χ1v) is 14.7. The molecule has 210 valence electrons. The number of imidazole rings is 1. The van der Waals surface area contributed by atoms with Crippen LogP contribution in [0.1, 0.15) is 58.3 Å². The molecule has 4 aromatic heterocycles. The van der Waals surface area contributed by atoms with Gasteiger partial charge in [0.1, 0.15) is 11.2 Å². The first-order valence-electron chi connectivity index (χ1n) is 14.4. The molecule has 1 N–H and O–H groups in total. The summed E-state index contributed by atoms with van der Waals surface area (Å²) in [5.41, 5.74) is 2.78. The van der Waals surface area contributed by atoms with E-state index in [1.807, 2.05) is 6.07 Å². The van der Waals surface area contributed by atoms with E-state index >= 15 is 0 Å². The van der Waals surface area contributed by atoms with Gasteiger partial charge in [-0.1, -0.05) is 49.4 Å². The van der Waals surface area contributed by atoms with Crippen LogP contribution in [0.25, 0.3) is 34.1 Å². The third-order valence-corrected chi connectivity index (χ3v) is 8.99. The lowest BCUT2D eigenvalue weighted by atomic mass is 9.83. The van der Waals surface area contributed by atoms with Gasteiger partial charge in [-0.05, 0) is 43.6 Å². The molecular formula is C28H33ClN8O3. The smallest absolute Gasteiger partial charge is 0.374 e. The van der Waals surface area contributed by atoms with Crippen LogP contribution < -0.4 is 10.7 Å². The number of nitrogens with one attached hydrogen (secondary N) is 1. The summed E-state index contributed by atoms with van der Waals surface area (Å²) in [6.45, 7) is 4.63. The Morgan fingerprint density at radius 1 is 1.07 bits per heavy atom. The molecule has 0 radical (unpaired) electrons. The lowest BCUT2D eigenvalue weighted by Gasteiger charge is -2.44. The van der Waals surface area contributed by atoms with E-state index in [-0.39, 0.29) is 23.8 Å². The average Bonchev–Trinajstić information content (AvgIpc) is 3.57. The van der Waals surface area contributed by atoms with Gasteiger partial charge in [-0.2, -0.15) is 4.98 Å². The van der Waals surface area contributed by atoms with Crippen molar-refractivity contribution in [2.24, 2.45) is 11.8 Å². The van der Waals surface area contributed by atoms with Crippen LogP contribution in [0, 0.1) is 11.8 Å². The Bertz CT molecular complexity index is 1570. The van der Waals surface area contributed by atoms with Crippen molar-refractivity contribution in [1.82, 2.24) is 34.6 Å². The number of H-pyrrole nitrogens is 1. The standard InChI is InChI=1S/C28H33ClN8O3/c1-16-6-8-17(9-7-16)15-37-23-22(18-12-19(29)14-30-13-18)31-25(26-34-28(38)40-35-26)32-24(23)33-27(37)36-10-11-39-21-5-3-2-4-20(21)36/h12-14,16-17,20-21H,2-11,15H2,1H3,(H,34,35,38)/t16?,17?,20-,21+/m0/s1. The quantitative estimate of drug-likeness (QED) is 0.361. The molecule has 5 heterocycles. The van der Waals surface area contributed by atoms with Crippen LogP contribution in [0.2, 0.25) is 5.02 Å². The maximum Gasteiger partial charge on any atom is 0.439 e. The van der Waals surface area contributed by atoms with Gasteiger partial charge in [-0.3, -0.25) is 14.5 Å². The minimum atomic E-state index is -0.668. The zero-order valence-corrected chi connectivity index (χ0v) is 23.3. The third kappa shape index (κ3) is 4.79. The monoisotopic (exact) mass is 564 g/mol. The number of morpholine rings is 1. The number of aromatic amines is 1. The van der Waals surface area contributed by atoms with Crippen LogP contribution in [-0.4, -0.2) is 59.9 Å². The van der Waals surface area contributed by atoms with Gasteiger partial charge in [0.25, 0.3) is 0 Å². The van der Waals surface area contributed by atoms with Gasteiger partial charge < -0.3 is 14.2 Å². The Hall–Kier alpha value is -3.31. The number of halogens is 1. The number of rotatable bonds is 5. The molecule has 0 aromatic carbocycles. The summed E-state index contributed by atoms with van der Waals surface area (Å²) in [5.74, 6) is 1.92. The number of nitrogens with zero attached hydrogens (tertiary/aromatic N) is 7. The molecule has 1 aliphatic heterocycles. The largest absolute Gasteiger partial charge is 0.439 e. The Morgan fingerprint density at radius 2 is 1.93 bits per heavy atom. The summed E-state index contributed by atoms with van der Waals surface area (Å²) in [7, 11) is 0. The molecule has 1 saturated heterocycles. The lowest BCUT2D eigenvalue weighted by Crippen LogP contribution is -2.53. The van der Waals surface area contributed by atoms with Crippen LogP contribution in [0.5, 0.6) is 0 Å². The zero-order valence-electron chi connectivity index (χ0n) is 22.6. The van der Waals surface area contributed by atoms with Crippen LogP contribution in [0.3, 0.4) is 0 Å². The Labute approximate surface area is 236 Å². The second-order valence-corrected chi connectivity index (χ2v) is 11.9. The molecule has 0 unspecified atom stereocenters. The molecule has 0 bridgehead atoms. The number of fused-ring (bicyclic) bond motifs is 2. The molecule has 3 fully saturated rings. The molecule has 4 aromatic rings. The van der Waals surface area contributed by atoms with Gasteiger partial charge in [-0.25, -0.2) is 14.8 Å². The number of aromatic nitrogens is 7. The molecule has 2 saturated carbocycles. The molecule has 12 heteroatoms. The van der Waals surface area contributed by atoms with Crippen molar-refractivity contribution in [2.75, 3.05) is 18.1 Å². The minimum Gasteiger partial charge on any atom is -0.374 e. The molecule has 11 nitrogen and oxygen atoms in total. The number of hydrogen-bond acceptors (Lipinski definition) is 9. The van der Waals surface area contributed by atoms with Crippen molar-refractivity contribution in [3.8, 4) is 22.9 Å². The van der Waals surface area contributed by atoms with Gasteiger partial charge in [0.2, 0.25) is 17.6 Å². The van der Waals surface area contributed by atoms with E-state index in [4.69, 9.17) is 35.8 Å². The summed E-state index contributed by atoms with van der Waals surface area (Å²) >= 11 is 6.39. The van der Waals surface area contributed by atoms with E-state index in [1.165, 1.54) is 38.5 Å². The average molecular weight is 565 g/mol. The van der Waals surface area contributed by atoms with Crippen molar-refractivity contribution in [3.63, 3.8) is 0 Å². The number of hydrogen-bond donors (Lipinski definition) is 1. The molecule has 3 aliphatic rings. The van der Waals surface area contributed by atoms with Gasteiger partial charge in [0.05, 0.1) is 23.8 Å². The number of pyridine rings is 1. The maximum atomic E-state index is 11.8. The zero-order chi connectivity index (χ0) is 27.2. The van der Waals surface area contributed by atoms with Crippen molar-refractivity contribution in [2.45, 2.75) is 77.0 Å². The fraction of sp³-hybridized carbons (Fsp3) is 0.571. The molecule has 0 spiro atoms. The van der Waals surface area contributed by atoms with Crippen LogP contribution in [-0.2, 0) is 11.3 Å². The molecular weight excluding hydrogens is 532 g/mol. The van der Waals surface area contributed by atoms with Crippen molar-refractivity contribution in [1.29, 1.82) is 0 Å². The first-order chi connectivity index (χ1) is 19.5. The highest BCUT2D eigenvalue weighted by Gasteiger charge is 2.37. The van der Waals surface area contributed by atoms with Gasteiger partial charge in [0, 0.05) is 31.0 Å². The van der Waals surface area contributed by atoms with Crippen molar-refractivity contribution in [3.05, 3.63) is 34.0 Å². The van der Waals surface area contributed by atoms with E-state index in [2.05, 4.69) is 31.5 Å². The van der Waals surface area contributed by atoms with E-state index in [1.54, 1.807) is 12.4 Å². The van der Waals surface area contributed by atoms with E-state index in [0.717, 1.165) is 48.9 Å². The first kappa shape index (κ1) is 25.6. The fourth-order valence-corrected chi connectivity index (χ4v) is 6.88. The van der Waals surface area contributed by atoms with E-state index in [0.29, 0.717) is 28.9 Å². The summed E-state index contributed by atoms with van der Waals surface area (Å²) < 4.78 is 13.3. The predicted molar refractivity (Wildman–Crippen MR) is 150 cm³/mol. The predicted octanol–water partition coefficient (Wildman–Crippen LogP) is 4.86.